The predicted molar refractivity (Wildman–Crippen MR) is 140 cm³/mol. The third kappa shape index (κ3) is 3.46. The molecule has 6 rings (SSSR count). The number of ketones is 2. The van der Waals surface area contributed by atoms with Gasteiger partial charge in [0.2, 0.25) is 0 Å². The second-order valence-electron chi connectivity index (χ2n) is 10.2. The van der Waals surface area contributed by atoms with E-state index in [9.17, 15) is 29.7 Å². The fraction of sp³-hybridized carbons (Fsp3) is 0.194. The van der Waals surface area contributed by atoms with Crippen molar-refractivity contribution in [3.63, 3.8) is 0 Å². The maximum atomic E-state index is 14.1. The lowest BCUT2D eigenvalue weighted by Gasteiger charge is -2.41. The molecule has 38 heavy (non-hydrogen) atoms. The van der Waals surface area contributed by atoms with Crippen molar-refractivity contribution in [2.45, 2.75) is 19.3 Å². The molecule has 0 spiro atoms. The SMILES string of the molecule is NC(=O)C1=C(O)C[C@@H]2C[C@@H]3Cc4c(-c5ccccc5)cc(-c5ccccc5)c(O)c4C(=O)C3=C(O)C2C1=O. The number of fused-ring (bicyclic) bond motifs is 3. The van der Waals surface area contributed by atoms with Gasteiger partial charge in [-0.25, -0.2) is 0 Å². The molecule has 7 nitrogen and oxygen atoms in total. The molecule has 1 unspecified atom stereocenters. The third-order valence-electron chi connectivity index (χ3n) is 8.06. The number of rotatable bonds is 3. The minimum Gasteiger partial charge on any atom is -0.511 e. The summed E-state index contributed by atoms with van der Waals surface area (Å²) < 4.78 is 0. The standard InChI is InChI=1S/C31H25NO6/c32-31(38)26-22(33)13-18-11-17-12-21-19(15-7-3-1-4-8-15)14-20(16-9-5-2-6-10-16)27(34)25(21)29(36)23(17)28(35)24(18)30(26)37/h1-10,14,17-18,24,33-35H,11-13H2,(H2,32,38)/t17-,18+,24?/m1/s1. The molecular weight excluding hydrogens is 482 g/mol. The number of nitrogens with two attached hydrogens (primary N) is 1. The second-order valence-corrected chi connectivity index (χ2v) is 10.2. The lowest BCUT2D eigenvalue weighted by Crippen LogP contribution is -2.43. The third-order valence-corrected chi connectivity index (χ3v) is 8.06. The molecule has 3 aromatic rings. The van der Waals surface area contributed by atoms with E-state index in [1.165, 1.54) is 0 Å². The first kappa shape index (κ1) is 23.7. The summed E-state index contributed by atoms with van der Waals surface area (Å²) in [4.78, 5) is 39.0. The maximum absolute atomic E-state index is 14.1. The van der Waals surface area contributed by atoms with Crippen molar-refractivity contribution in [1.29, 1.82) is 0 Å². The molecule has 0 heterocycles. The zero-order valence-corrected chi connectivity index (χ0v) is 20.3. The van der Waals surface area contributed by atoms with Crippen LogP contribution in [0.3, 0.4) is 0 Å². The van der Waals surface area contributed by atoms with Crippen molar-refractivity contribution >= 4 is 17.5 Å². The Morgan fingerprint density at radius 3 is 2.05 bits per heavy atom. The molecule has 7 heteroatoms. The summed E-state index contributed by atoms with van der Waals surface area (Å²) in [5.74, 6) is -5.37. The van der Waals surface area contributed by atoms with E-state index in [1.807, 2.05) is 66.7 Å². The normalized spacial score (nSPS) is 22.6. The summed E-state index contributed by atoms with van der Waals surface area (Å²) >= 11 is 0. The zero-order chi connectivity index (χ0) is 26.7. The highest BCUT2D eigenvalue weighted by atomic mass is 16.3. The first-order chi connectivity index (χ1) is 18.3. The van der Waals surface area contributed by atoms with E-state index < -0.39 is 46.6 Å². The fourth-order valence-electron chi connectivity index (χ4n) is 6.42. The number of aliphatic hydroxyl groups excluding tert-OH is 2. The molecule has 0 fully saturated rings. The molecule has 0 radical (unpaired) electrons. The molecule has 3 aromatic carbocycles. The number of aromatic hydroxyl groups is 1. The summed E-state index contributed by atoms with van der Waals surface area (Å²) in [6.45, 7) is 0. The molecule has 3 aliphatic rings. The Labute approximate surface area is 218 Å². The van der Waals surface area contributed by atoms with Crippen LogP contribution < -0.4 is 5.73 Å². The van der Waals surface area contributed by atoms with Crippen molar-refractivity contribution < 1.29 is 29.7 Å². The number of amides is 1. The van der Waals surface area contributed by atoms with Crippen LogP contribution in [0.2, 0.25) is 0 Å². The topological polar surface area (TPSA) is 138 Å². The maximum Gasteiger partial charge on any atom is 0.255 e. The van der Waals surface area contributed by atoms with Gasteiger partial charge in [0.25, 0.3) is 5.91 Å². The molecule has 3 atom stereocenters. The molecule has 3 aliphatic carbocycles. The van der Waals surface area contributed by atoms with Crippen LogP contribution in [0.25, 0.3) is 22.3 Å². The number of hydrogen-bond acceptors (Lipinski definition) is 6. The molecule has 0 aliphatic heterocycles. The Hall–Kier alpha value is -4.65. The highest BCUT2D eigenvalue weighted by Crippen LogP contribution is 2.52. The van der Waals surface area contributed by atoms with Crippen LogP contribution in [0.1, 0.15) is 28.8 Å². The van der Waals surface area contributed by atoms with E-state index in [0.29, 0.717) is 24.0 Å². The fourth-order valence-corrected chi connectivity index (χ4v) is 6.42. The second kappa shape index (κ2) is 8.73. The minimum atomic E-state index is -1.14. The van der Waals surface area contributed by atoms with Crippen molar-refractivity contribution in [1.82, 2.24) is 0 Å². The lowest BCUT2D eigenvalue weighted by molar-refractivity contribution is -0.126. The predicted octanol–water partition coefficient (Wildman–Crippen LogP) is 4.80. The molecule has 1 amide bonds. The van der Waals surface area contributed by atoms with Gasteiger partial charge in [-0.1, -0.05) is 60.7 Å². The highest BCUT2D eigenvalue weighted by molar-refractivity contribution is 6.22. The molecular formula is C31H25NO6. The van der Waals surface area contributed by atoms with Crippen molar-refractivity contribution in [3.05, 3.63) is 101 Å². The lowest BCUT2D eigenvalue weighted by atomic mass is 9.62. The number of Topliss-reactive ketones (excluding diaryl/α,β-unsaturated/α-hetero) is 2. The van der Waals surface area contributed by atoms with Gasteiger partial charge in [0.05, 0.1) is 11.5 Å². The number of carbonyl (C=O) groups is 3. The smallest absolute Gasteiger partial charge is 0.255 e. The van der Waals surface area contributed by atoms with Gasteiger partial charge >= 0.3 is 0 Å². The number of phenols is 1. The first-order valence-corrected chi connectivity index (χ1v) is 12.5. The molecule has 0 saturated carbocycles. The van der Waals surface area contributed by atoms with Gasteiger partial charge in [0.15, 0.2) is 11.6 Å². The van der Waals surface area contributed by atoms with Crippen molar-refractivity contribution in [2.75, 3.05) is 0 Å². The van der Waals surface area contributed by atoms with Gasteiger partial charge in [-0.15, -0.1) is 0 Å². The summed E-state index contributed by atoms with van der Waals surface area (Å²) in [6.07, 6.45) is 0.720. The Kier molecular flexibility index (Phi) is 5.45. The number of benzene rings is 3. The Morgan fingerprint density at radius 2 is 1.45 bits per heavy atom. The van der Waals surface area contributed by atoms with Gasteiger partial charge in [0.1, 0.15) is 22.8 Å². The number of phenolic OH excluding ortho intramolecular Hbond substituents is 1. The number of hydrogen-bond donors (Lipinski definition) is 4. The van der Waals surface area contributed by atoms with Crippen molar-refractivity contribution in [2.24, 2.45) is 23.5 Å². The van der Waals surface area contributed by atoms with Gasteiger partial charge in [-0.2, -0.15) is 0 Å². The van der Waals surface area contributed by atoms with Crippen LogP contribution in [0.5, 0.6) is 5.75 Å². The number of primary amides is 1. The average Bonchev–Trinajstić information content (AvgIpc) is 2.89. The molecule has 0 aromatic heterocycles. The summed E-state index contributed by atoms with van der Waals surface area (Å²) in [5.41, 5.74) is 8.59. The van der Waals surface area contributed by atoms with Crippen LogP contribution in [0.15, 0.2) is 89.4 Å². The van der Waals surface area contributed by atoms with Crippen LogP contribution in [0.4, 0.5) is 0 Å². The monoisotopic (exact) mass is 507 g/mol. The van der Waals surface area contributed by atoms with Gasteiger partial charge in [0, 0.05) is 17.6 Å². The van der Waals surface area contributed by atoms with Crippen LogP contribution in [-0.4, -0.2) is 32.8 Å². The van der Waals surface area contributed by atoms with Crippen LogP contribution in [-0.2, 0) is 16.0 Å². The Bertz CT molecular complexity index is 1590. The largest absolute Gasteiger partial charge is 0.511 e. The minimum absolute atomic E-state index is 0.00725. The van der Waals surface area contributed by atoms with E-state index in [2.05, 4.69) is 0 Å². The number of carbonyl (C=O) groups excluding carboxylic acids is 3. The van der Waals surface area contributed by atoms with E-state index >= 15 is 0 Å². The van der Waals surface area contributed by atoms with E-state index in [-0.39, 0.29) is 29.1 Å². The summed E-state index contributed by atoms with van der Waals surface area (Å²) in [7, 11) is 0. The Balaban J connectivity index is 1.56. The Morgan fingerprint density at radius 1 is 0.842 bits per heavy atom. The quantitative estimate of drug-likeness (QED) is 0.376. The average molecular weight is 508 g/mol. The van der Waals surface area contributed by atoms with Gasteiger partial charge < -0.3 is 21.1 Å². The number of allylic oxidation sites excluding steroid dienone is 3. The zero-order valence-electron chi connectivity index (χ0n) is 20.3. The highest BCUT2D eigenvalue weighted by Gasteiger charge is 2.50. The van der Waals surface area contributed by atoms with Gasteiger partial charge in [-0.05, 0) is 53.0 Å². The first-order valence-electron chi connectivity index (χ1n) is 12.5. The van der Waals surface area contributed by atoms with E-state index in [4.69, 9.17) is 5.73 Å². The molecule has 0 saturated heterocycles. The van der Waals surface area contributed by atoms with Crippen molar-refractivity contribution in [3.8, 4) is 28.0 Å². The number of aliphatic hydroxyl groups is 2. The molecule has 5 N–H and O–H groups in total. The molecule has 0 bridgehead atoms. The molecule has 190 valence electrons. The van der Waals surface area contributed by atoms with E-state index in [0.717, 1.165) is 16.7 Å². The van der Waals surface area contributed by atoms with Crippen LogP contribution in [0, 0.1) is 17.8 Å². The summed E-state index contributed by atoms with van der Waals surface area (Å²) in [6, 6.07) is 20.7. The van der Waals surface area contributed by atoms with Crippen LogP contribution >= 0.6 is 0 Å². The summed E-state index contributed by atoms with van der Waals surface area (Å²) in [5, 5.41) is 33.1. The van der Waals surface area contributed by atoms with E-state index in [1.54, 1.807) is 0 Å². The van der Waals surface area contributed by atoms with Gasteiger partial charge in [-0.3, -0.25) is 14.4 Å².